The second-order valence-corrected chi connectivity index (χ2v) is 7.13. The molecule has 0 aliphatic carbocycles. The molecule has 0 saturated carbocycles. The van der Waals surface area contributed by atoms with Gasteiger partial charge in [0.1, 0.15) is 0 Å². The summed E-state index contributed by atoms with van der Waals surface area (Å²) in [5.74, 6) is 0.481. The Morgan fingerprint density at radius 2 is 2.39 bits per heavy atom. The van der Waals surface area contributed by atoms with Crippen LogP contribution in [0.5, 0.6) is 0 Å². The minimum Gasteiger partial charge on any atom is -0.381 e. The van der Waals surface area contributed by atoms with Gasteiger partial charge in [-0.2, -0.15) is 0 Å². The van der Waals surface area contributed by atoms with E-state index in [9.17, 15) is 8.42 Å². The van der Waals surface area contributed by atoms with E-state index in [0.29, 0.717) is 23.9 Å². The van der Waals surface area contributed by atoms with Gasteiger partial charge in [0.2, 0.25) is 10.0 Å². The zero-order chi connectivity index (χ0) is 13.0. The molecule has 1 saturated heterocycles. The van der Waals surface area contributed by atoms with Gasteiger partial charge in [0.25, 0.3) is 0 Å². The van der Waals surface area contributed by atoms with Crippen LogP contribution < -0.4 is 10.5 Å². The standard InChI is InChI=1S/C11H18N2O3S2/c12-6-10-5-11(8-17-10)18(14,15)13-3-1-9-2-4-16-7-9/h5,8-9,13H,1-4,6-7,12H2. The van der Waals surface area contributed by atoms with Crippen LogP contribution in [0, 0.1) is 5.92 Å². The number of hydrogen-bond donors (Lipinski definition) is 2. The van der Waals surface area contributed by atoms with Crippen molar-refractivity contribution in [2.75, 3.05) is 19.8 Å². The Hall–Kier alpha value is -0.470. The van der Waals surface area contributed by atoms with Crippen molar-refractivity contribution in [3.05, 3.63) is 16.3 Å². The molecule has 1 aromatic rings. The first-order valence-electron chi connectivity index (χ1n) is 5.96. The summed E-state index contributed by atoms with van der Waals surface area (Å²) in [6, 6.07) is 1.63. The lowest BCUT2D eigenvalue weighted by Crippen LogP contribution is -2.26. The summed E-state index contributed by atoms with van der Waals surface area (Å²) < 4.78 is 31.8. The van der Waals surface area contributed by atoms with E-state index in [1.165, 1.54) is 11.3 Å². The molecule has 1 aliphatic heterocycles. The van der Waals surface area contributed by atoms with Crippen molar-refractivity contribution in [1.29, 1.82) is 0 Å². The van der Waals surface area contributed by atoms with Crippen LogP contribution in [0.4, 0.5) is 0 Å². The van der Waals surface area contributed by atoms with Crippen LogP contribution in [-0.2, 0) is 21.3 Å². The van der Waals surface area contributed by atoms with Gasteiger partial charge in [0, 0.05) is 36.6 Å². The zero-order valence-corrected chi connectivity index (χ0v) is 11.7. The number of sulfonamides is 1. The molecular weight excluding hydrogens is 272 g/mol. The normalized spacial score (nSPS) is 20.4. The molecule has 1 aliphatic rings. The maximum absolute atomic E-state index is 12.0. The second kappa shape index (κ2) is 6.12. The third kappa shape index (κ3) is 3.52. The fraction of sp³-hybridized carbons (Fsp3) is 0.636. The molecule has 0 radical (unpaired) electrons. The molecule has 0 amide bonds. The van der Waals surface area contributed by atoms with Gasteiger partial charge >= 0.3 is 0 Å². The van der Waals surface area contributed by atoms with Gasteiger partial charge in [-0.1, -0.05) is 0 Å². The van der Waals surface area contributed by atoms with Crippen LogP contribution in [0.3, 0.4) is 0 Å². The summed E-state index contributed by atoms with van der Waals surface area (Å²) >= 11 is 1.37. The van der Waals surface area contributed by atoms with Crippen LogP contribution in [-0.4, -0.2) is 28.2 Å². The summed E-state index contributed by atoms with van der Waals surface area (Å²) in [7, 11) is -3.38. The number of nitrogens with two attached hydrogens (primary N) is 1. The van der Waals surface area contributed by atoms with Crippen molar-refractivity contribution in [3.63, 3.8) is 0 Å². The molecule has 102 valence electrons. The third-order valence-electron chi connectivity index (χ3n) is 3.01. The van der Waals surface area contributed by atoms with Crippen molar-refractivity contribution in [2.24, 2.45) is 11.7 Å². The van der Waals surface area contributed by atoms with Gasteiger partial charge in [-0.05, 0) is 24.8 Å². The third-order valence-corrected chi connectivity index (χ3v) is 5.56. The molecule has 3 N–H and O–H groups in total. The summed E-state index contributed by atoms with van der Waals surface area (Å²) in [5, 5.41) is 1.63. The molecule has 2 heterocycles. The Morgan fingerprint density at radius 3 is 3.00 bits per heavy atom. The Morgan fingerprint density at radius 1 is 1.56 bits per heavy atom. The number of rotatable bonds is 6. The predicted octanol–water partition coefficient (Wildman–Crippen LogP) is 0.912. The van der Waals surface area contributed by atoms with Crippen LogP contribution in [0.15, 0.2) is 16.3 Å². The van der Waals surface area contributed by atoms with Crippen molar-refractivity contribution in [3.8, 4) is 0 Å². The monoisotopic (exact) mass is 290 g/mol. The van der Waals surface area contributed by atoms with Gasteiger partial charge in [0.15, 0.2) is 0 Å². The SMILES string of the molecule is NCc1cc(S(=O)(=O)NCCC2CCOC2)cs1. The van der Waals surface area contributed by atoms with E-state index in [4.69, 9.17) is 10.5 Å². The van der Waals surface area contributed by atoms with Gasteiger partial charge in [-0.25, -0.2) is 13.1 Å². The molecule has 2 rings (SSSR count). The smallest absolute Gasteiger partial charge is 0.241 e. The molecule has 0 spiro atoms. The lowest BCUT2D eigenvalue weighted by atomic mass is 10.1. The first kappa shape index (κ1) is 14.0. The van der Waals surface area contributed by atoms with E-state index in [0.717, 1.165) is 30.9 Å². The Balaban J connectivity index is 1.86. The minimum atomic E-state index is -3.38. The Bertz CT molecular complexity index is 478. The summed E-state index contributed by atoms with van der Waals surface area (Å²) in [5.41, 5.74) is 5.47. The second-order valence-electron chi connectivity index (χ2n) is 4.37. The highest BCUT2D eigenvalue weighted by atomic mass is 32.2. The van der Waals surface area contributed by atoms with Crippen LogP contribution in [0.25, 0.3) is 0 Å². The van der Waals surface area contributed by atoms with E-state index in [-0.39, 0.29) is 0 Å². The molecule has 7 heteroatoms. The maximum Gasteiger partial charge on any atom is 0.241 e. The first-order chi connectivity index (χ1) is 8.62. The molecular formula is C11H18N2O3S2. The van der Waals surface area contributed by atoms with Crippen LogP contribution in [0.2, 0.25) is 0 Å². The number of hydrogen-bond acceptors (Lipinski definition) is 5. The molecule has 18 heavy (non-hydrogen) atoms. The molecule has 1 fully saturated rings. The molecule has 0 aromatic carbocycles. The zero-order valence-electron chi connectivity index (χ0n) is 10.1. The molecule has 5 nitrogen and oxygen atoms in total. The summed E-state index contributed by atoms with van der Waals surface area (Å²) in [4.78, 5) is 1.19. The number of ether oxygens (including phenoxy) is 1. The topological polar surface area (TPSA) is 81.4 Å². The first-order valence-corrected chi connectivity index (χ1v) is 8.33. The van der Waals surface area contributed by atoms with E-state index in [1.807, 2.05) is 0 Å². The van der Waals surface area contributed by atoms with Gasteiger partial charge in [0.05, 0.1) is 4.90 Å². The van der Waals surface area contributed by atoms with Crippen LogP contribution in [0.1, 0.15) is 17.7 Å². The lowest BCUT2D eigenvalue weighted by molar-refractivity contribution is 0.184. The number of nitrogens with one attached hydrogen (secondary N) is 1. The average molecular weight is 290 g/mol. The highest BCUT2D eigenvalue weighted by Gasteiger charge is 2.18. The Kier molecular flexibility index (Phi) is 4.74. The van der Waals surface area contributed by atoms with Crippen molar-refractivity contribution in [2.45, 2.75) is 24.3 Å². The van der Waals surface area contributed by atoms with Gasteiger partial charge in [-0.3, -0.25) is 0 Å². The maximum atomic E-state index is 12.0. The number of thiophene rings is 1. The predicted molar refractivity (Wildman–Crippen MR) is 70.9 cm³/mol. The van der Waals surface area contributed by atoms with E-state index in [2.05, 4.69) is 4.72 Å². The Labute approximate surface area is 111 Å². The highest BCUT2D eigenvalue weighted by Crippen LogP contribution is 2.19. The largest absolute Gasteiger partial charge is 0.381 e. The molecule has 0 bridgehead atoms. The lowest BCUT2D eigenvalue weighted by Gasteiger charge is -2.08. The highest BCUT2D eigenvalue weighted by molar-refractivity contribution is 7.89. The summed E-state index contributed by atoms with van der Waals surface area (Å²) in [6.07, 6.45) is 1.85. The average Bonchev–Trinajstić information content (AvgIpc) is 2.99. The van der Waals surface area contributed by atoms with Crippen molar-refractivity contribution >= 4 is 21.4 Å². The molecule has 1 atom stereocenters. The van der Waals surface area contributed by atoms with E-state index >= 15 is 0 Å². The molecule has 1 aromatic heterocycles. The molecule has 1 unspecified atom stereocenters. The van der Waals surface area contributed by atoms with Gasteiger partial charge in [-0.15, -0.1) is 11.3 Å². The fourth-order valence-electron chi connectivity index (χ4n) is 1.90. The van der Waals surface area contributed by atoms with Crippen LogP contribution >= 0.6 is 11.3 Å². The summed E-state index contributed by atoms with van der Waals surface area (Å²) in [6.45, 7) is 2.38. The van der Waals surface area contributed by atoms with Crippen molar-refractivity contribution in [1.82, 2.24) is 4.72 Å². The van der Waals surface area contributed by atoms with Gasteiger partial charge < -0.3 is 10.5 Å². The fourth-order valence-corrected chi connectivity index (χ4v) is 4.10. The van der Waals surface area contributed by atoms with E-state index < -0.39 is 10.0 Å². The minimum absolute atomic E-state index is 0.315. The van der Waals surface area contributed by atoms with Crippen molar-refractivity contribution < 1.29 is 13.2 Å². The van der Waals surface area contributed by atoms with E-state index in [1.54, 1.807) is 11.4 Å². The quantitative estimate of drug-likeness (QED) is 0.816.